The first-order chi connectivity index (χ1) is 10.2. The summed E-state index contributed by atoms with van der Waals surface area (Å²) in [6, 6.07) is 7.63. The van der Waals surface area contributed by atoms with Crippen LogP contribution >= 0.6 is 15.9 Å². The van der Waals surface area contributed by atoms with Gasteiger partial charge in [0.05, 0.1) is 0 Å². The molecule has 0 spiro atoms. The van der Waals surface area contributed by atoms with Crippen LogP contribution in [0, 0.1) is 0 Å². The molecule has 0 radical (unpaired) electrons. The summed E-state index contributed by atoms with van der Waals surface area (Å²) in [6.45, 7) is 1.82. The molecule has 1 aromatic carbocycles. The molecule has 21 heavy (non-hydrogen) atoms. The highest BCUT2D eigenvalue weighted by Gasteiger charge is 2.06. The number of hydrogen-bond acceptors (Lipinski definition) is 3. The van der Waals surface area contributed by atoms with Crippen LogP contribution in [0.15, 0.2) is 40.4 Å². The smallest absolute Gasteiger partial charge is 0.119 e. The number of ether oxygens (including phenoxy) is 1. The summed E-state index contributed by atoms with van der Waals surface area (Å²) in [7, 11) is 0. The second-order valence-corrected chi connectivity index (χ2v) is 6.40. The third-order valence-corrected chi connectivity index (χ3v) is 4.17. The van der Waals surface area contributed by atoms with Crippen LogP contribution in [0.5, 0.6) is 5.75 Å². The molecule has 0 saturated carbocycles. The molecule has 0 aliphatic heterocycles. The first-order valence-corrected chi connectivity index (χ1v) is 8.48. The normalized spacial score (nSPS) is 16.4. The first kappa shape index (κ1) is 16.5. The molecule has 3 nitrogen and oxygen atoms in total. The van der Waals surface area contributed by atoms with Crippen molar-refractivity contribution in [3.05, 3.63) is 40.4 Å². The van der Waals surface area contributed by atoms with Gasteiger partial charge in [0.2, 0.25) is 0 Å². The molecular formula is C17H24BrNO2. The molecule has 0 bridgehead atoms. The van der Waals surface area contributed by atoms with Crippen molar-refractivity contribution in [2.75, 3.05) is 19.7 Å². The van der Waals surface area contributed by atoms with E-state index in [1.165, 1.54) is 25.7 Å². The molecular weight excluding hydrogens is 330 g/mol. The lowest BCUT2D eigenvalue weighted by molar-refractivity contribution is 0.106. The maximum atomic E-state index is 9.89. The number of halogens is 1. The number of nitrogens with one attached hydrogen (secondary N) is 1. The van der Waals surface area contributed by atoms with E-state index in [4.69, 9.17) is 4.74 Å². The Morgan fingerprint density at radius 2 is 2.05 bits per heavy atom. The Balaban J connectivity index is 1.56. The number of hydrogen-bond donors (Lipinski definition) is 2. The van der Waals surface area contributed by atoms with Crippen molar-refractivity contribution in [1.29, 1.82) is 0 Å². The summed E-state index contributed by atoms with van der Waals surface area (Å²) >= 11 is 3.38. The Bertz CT molecular complexity index is 445. The molecule has 4 heteroatoms. The van der Waals surface area contributed by atoms with E-state index in [0.29, 0.717) is 13.2 Å². The van der Waals surface area contributed by atoms with Crippen molar-refractivity contribution in [1.82, 2.24) is 5.32 Å². The lowest BCUT2D eigenvalue weighted by atomic mass is 9.97. The first-order valence-electron chi connectivity index (χ1n) is 7.69. The van der Waals surface area contributed by atoms with Gasteiger partial charge in [-0.15, -0.1) is 0 Å². The van der Waals surface area contributed by atoms with E-state index in [9.17, 15) is 5.11 Å². The van der Waals surface area contributed by atoms with Crippen molar-refractivity contribution >= 4 is 15.9 Å². The van der Waals surface area contributed by atoms with Gasteiger partial charge in [-0.25, -0.2) is 0 Å². The van der Waals surface area contributed by atoms with Crippen LogP contribution in [0.3, 0.4) is 0 Å². The van der Waals surface area contributed by atoms with E-state index in [0.717, 1.165) is 23.2 Å². The Morgan fingerprint density at radius 1 is 1.24 bits per heavy atom. The largest absolute Gasteiger partial charge is 0.491 e. The van der Waals surface area contributed by atoms with Crippen molar-refractivity contribution in [3.63, 3.8) is 0 Å². The van der Waals surface area contributed by atoms with Gasteiger partial charge in [0.15, 0.2) is 0 Å². The number of aliphatic hydroxyl groups excluding tert-OH is 1. The van der Waals surface area contributed by atoms with Crippen LogP contribution in [0.1, 0.15) is 32.1 Å². The van der Waals surface area contributed by atoms with Crippen molar-refractivity contribution in [3.8, 4) is 5.75 Å². The summed E-state index contributed by atoms with van der Waals surface area (Å²) < 4.78 is 6.57. The third-order valence-electron chi connectivity index (χ3n) is 3.64. The highest BCUT2D eigenvalue weighted by molar-refractivity contribution is 9.10. The zero-order valence-corrected chi connectivity index (χ0v) is 13.9. The minimum atomic E-state index is -0.478. The fourth-order valence-corrected chi connectivity index (χ4v) is 2.70. The standard InChI is InChI=1S/C17H24BrNO2/c18-15-6-8-17(9-7-15)21-13-16(20)12-19-11-10-14-4-2-1-3-5-14/h4,6-9,16,19-20H,1-3,5,10-13H2. The molecule has 116 valence electrons. The van der Waals surface area contributed by atoms with Crippen molar-refractivity contribution in [2.45, 2.75) is 38.2 Å². The molecule has 0 fully saturated rings. The second kappa shape index (κ2) is 9.23. The van der Waals surface area contributed by atoms with Gasteiger partial charge >= 0.3 is 0 Å². The topological polar surface area (TPSA) is 41.5 Å². The van der Waals surface area contributed by atoms with E-state index < -0.39 is 6.10 Å². The molecule has 2 rings (SSSR count). The fourth-order valence-electron chi connectivity index (χ4n) is 2.43. The van der Waals surface area contributed by atoms with Crippen LogP contribution < -0.4 is 10.1 Å². The lowest BCUT2D eigenvalue weighted by Crippen LogP contribution is -2.32. The van der Waals surface area contributed by atoms with Gasteiger partial charge in [-0.2, -0.15) is 0 Å². The van der Waals surface area contributed by atoms with E-state index in [-0.39, 0.29) is 0 Å². The summed E-state index contributed by atoms with van der Waals surface area (Å²) in [5, 5.41) is 13.2. The Morgan fingerprint density at radius 3 is 2.76 bits per heavy atom. The fraction of sp³-hybridized carbons (Fsp3) is 0.529. The third kappa shape index (κ3) is 6.64. The zero-order chi connectivity index (χ0) is 14.9. The summed E-state index contributed by atoms with van der Waals surface area (Å²) in [6.07, 6.45) is 8.14. The number of rotatable bonds is 8. The maximum Gasteiger partial charge on any atom is 0.119 e. The number of aliphatic hydroxyl groups is 1. The lowest BCUT2D eigenvalue weighted by Gasteiger charge is -2.15. The predicted octanol–water partition coefficient (Wildman–Crippen LogP) is 3.67. The molecule has 1 aliphatic rings. The van der Waals surface area contributed by atoms with Gasteiger partial charge in [0.25, 0.3) is 0 Å². The summed E-state index contributed by atoms with van der Waals surface area (Å²) in [5.74, 6) is 0.782. The minimum absolute atomic E-state index is 0.317. The number of benzene rings is 1. The highest BCUT2D eigenvalue weighted by Crippen LogP contribution is 2.19. The maximum absolute atomic E-state index is 9.89. The van der Waals surface area contributed by atoms with E-state index in [1.54, 1.807) is 5.57 Å². The zero-order valence-electron chi connectivity index (χ0n) is 12.4. The molecule has 1 unspecified atom stereocenters. The SMILES string of the molecule is OC(CNCCC1=CCCCC1)COc1ccc(Br)cc1. The second-order valence-electron chi connectivity index (χ2n) is 5.48. The predicted molar refractivity (Wildman–Crippen MR) is 89.7 cm³/mol. The van der Waals surface area contributed by atoms with E-state index in [1.807, 2.05) is 24.3 Å². The molecule has 1 aliphatic carbocycles. The van der Waals surface area contributed by atoms with E-state index >= 15 is 0 Å². The molecule has 0 heterocycles. The highest BCUT2D eigenvalue weighted by atomic mass is 79.9. The summed E-state index contributed by atoms with van der Waals surface area (Å²) in [4.78, 5) is 0. The van der Waals surface area contributed by atoms with Gasteiger partial charge in [-0.1, -0.05) is 27.6 Å². The monoisotopic (exact) mass is 353 g/mol. The van der Waals surface area contributed by atoms with Gasteiger partial charge in [-0.3, -0.25) is 0 Å². The van der Waals surface area contributed by atoms with Gasteiger partial charge in [0, 0.05) is 11.0 Å². The van der Waals surface area contributed by atoms with Crippen molar-refractivity contribution < 1.29 is 9.84 Å². The van der Waals surface area contributed by atoms with Gasteiger partial charge in [-0.05, 0) is 62.9 Å². The molecule has 0 saturated heterocycles. The molecule has 2 N–H and O–H groups in total. The molecule has 1 aromatic rings. The van der Waals surface area contributed by atoms with Crippen LogP contribution in [0.4, 0.5) is 0 Å². The average Bonchev–Trinajstić information content (AvgIpc) is 2.52. The molecule has 1 atom stereocenters. The van der Waals surface area contributed by atoms with Crippen LogP contribution in [0.25, 0.3) is 0 Å². The Labute approximate surface area is 135 Å². The van der Waals surface area contributed by atoms with Gasteiger partial charge < -0.3 is 15.2 Å². The molecule has 0 amide bonds. The quantitative estimate of drug-likeness (QED) is 0.553. The average molecular weight is 354 g/mol. The van der Waals surface area contributed by atoms with E-state index in [2.05, 4.69) is 27.3 Å². The van der Waals surface area contributed by atoms with Crippen LogP contribution in [0.2, 0.25) is 0 Å². The molecule has 0 aromatic heterocycles. The van der Waals surface area contributed by atoms with Crippen molar-refractivity contribution in [2.24, 2.45) is 0 Å². The Kier molecular flexibility index (Phi) is 7.27. The van der Waals surface area contributed by atoms with Crippen LogP contribution in [-0.2, 0) is 0 Å². The minimum Gasteiger partial charge on any atom is -0.491 e. The Hall–Kier alpha value is -0.840. The summed E-state index contributed by atoms with van der Waals surface area (Å²) in [5.41, 5.74) is 1.56. The van der Waals surface area contributed by atoms with Gasteiger partial charge in [0.1, 0.15) is 18.5 Å². The number of allylic oxidation sites excluding steroid dienone is 1. The van der Waals surface area contributed by atoms with Crippen LogP contribution in [-0.4, -0.2) is 30.9 Å².